The molecule has 0 amide bonds. The quantitative estimate of drug-likeness (QED) is 0.174. The molecular formula is C24H23ClN8. The van der Waals surface area contributed by atoms with Crippen LogP contribution >= 0.6 is 12.4 Å². The first-order valence-electron chi connectivity index (χ1n) is 10.1. The smallest absolute Gasteiger partial charge is 0.138 e. The highest BCUT2D eigenvalue weighted by molar-refractivity contribution is 5.99. The maximum atomic E-state index is 7.64. The summed E-state index contributed by atoms with van der Waals surface area (Å²) >= 11 is 0. The number of aryl methyl sites for hydroxylation is 2. The number of hydrogen-bond acceptors (Lipinski definition) is 4. The molecule has 3 aromatic carbocycles. The Bertz CT molecular complexity index is 1440. The molecule has 0 saturated heterocycles. The maximum absolute atomic E-state index is 7.64. The molecule has 0 aliphatic carbocycles. The van der Waals surface area contributed by atoms with Gasteiger partial charge in [-0.25, -0.2) is 9.97 Å². The molecule has 0 spiro atoms. The van der Waals surface area contributed by atoms with Crippen LogP contribution < -0.4 is 11.5 Å². The van der Waals surface area contributed by atoms with Crippen molar-refractivity contribution < 1.29 is 0 Å². The van der Waals surface area contributed by atoms with E-state index in [1.807, 2.05) is 38.1 Å². The Morgan fingerprint density at radius 3 is 1.45 bits per heavy atom. The monoisotopic (exact) mass is 458 g/mol. The number of fused-ring (bicyclic) bond motifs is 2. The molecule has 2 heterocycles. The van der Waals surface area contributed by atoms with Crippen molar-refractivity contribution in [1.82, 2.24) is 19.9 Å². The van der Waals surface area contributed by atoms with Gasteiger partial charge in [-0.2, -0.15) is 0 Å². The summed E-state index contributed by atoms with van der Waals surface area (Å²) in [6.45, 7) is 4.09. The molecule has 0 aliphatic heterocycles. The molecule has 9 heteroatoms. The van der Waals surface area contributed by atoms with E-state index in [0.717, 1.165) is 56.0 Å². The van der Waals surface area contributed by atoms with Crippen molar-refractivity contribution >= 4 is 46.1 Å². The van der Waals surface area contributed by atoms with E-state index in [1.165, 1.54) is 0 Å². The minimum absolute atomic E-state index is 0. The van der Waals surface area contributed by atoms with Crippen LogP contribution in [0.1, 0.15) is 22.3 Å². The number of aromatic amines is 2. The molecule has 0 atom stereocenters. The number of halogens is 1. The molecule has 0 saturated carbocycles. The van der Waals surface area contributed by atoms with Gasteiger partial charge in [-0.1, -0.05) is 0 Å². The fourth-order valence-electron chi connectivity index (χ4n) is 3.94. The van der Waals surface area contributed by atoms with Gasteiger partial charge in [0.1, 0.15) is 23.3 Å². The third kappa shape index (κ3) is 3.81. The van der Waals surface area contributed by atoms with E-state index >= 15 is 0 Å². The number of benzene rings is 3. The lowest BCUT2D eigenvalue weighted by atomic mass is 9.99. The lowest BCUT2D eigenvalue weighted by molar-refractivity contribution is 1.26. The third-order valence-corrected chi connectivity index (χ3v) is 5.67. The van der Waals surface area contributed by atoms with E-state index in [-0.39, 0.29) is 24.1 Å². The number of nitrogens with one attached hydrogen (secondary N) is 4. The van der Waals surface area contributed by atoms with Crippen molar-refractivity contribution in [2.75, 3.05) is 0 Å². The Balaban J connectivity index is 0.00000259. The second kappa shape index (κ2) is 8.07. The number of hydrogen-bond donors (Lipinski definition) is 6. The van der Waals surface area contributed by atoms with Gasteiger partial charge in [-0.3, -0.25) is 10.8 Å². The van der Waals surface area contributed by atoms with Gasteiger partial charge >= 0.3 is 0 Å². The summed E-state index contributed by atoms with van der Waals surface area (Å²) in [6, 6.07) is 15.2. The highest BCUT2D eigenvalue weighted by Gasteiger charge is 2.15. The van der Waals surface area contributed by atoms with Crippen molar-refractivity contribution in [2.45, 2.75) is 13.8 Å². The molecule has 0 fully saturated rings. The van der Waals surface area contributed by atoms with Crippen LogP contribution in [0.4, 0.5) is 0 Å². The van der Waals surface area contributed by atoms with Crippen LogP contribution in [0.5, 0.6) is 0 Å². The van der Waals surface area contributed by atoms with Gasteiger partial charge in [0.2, 0.25) is 0 Å². The average Bonchev–Trinajstić information content (AvgIpc) is 3.37. The van der Waals surface area contributed by atoms with Gasteiger partial charge in [0.25, 0.3) is 0 Å². The van der Waals surface area contributed by atoms with E-state index in [9.17, 15) is 0 Å². The molecule has 8 nitrogen and oxygen atoms in total. The largest absolute Gasteiger partial charge is 0.384 e. The number of imidazole rings is 2. The van der Waals surface area contributed by atoms with Crippen molar-refractivity contribution in [1.29, 1.82) is 10.8 Å². The van der Waals surface area contributed by atoms with Gasteiger partial charge < -0.3 is 21.4 Å². The zero-order chi connectivity index (χ0) is 22.6. The zero-order valence-corrected chi connectivity index (χ0v) is 18.9. The maximum Gasteiger partial charge on any atom is 0.138 e. The molecule has 33 heavy (non-hydrogen) atoms. The van der Waals surface area contributed by atoms with Gasteiger partial charge in [-0.15, -0.1) is 12.4 Å². The molecule has 0 unspecified atom stereocenters. The SMILES string of the molecule is Cc1cc(-c2nc3ccc(C(=N)N)cc3[nH]2)c(C)cc1-c1nc2ccc(C(=N)N)cc2[nH]1.Cl. The minimum atomic E-state index is 0. The summed E-state index contributed by atoms with van der Waals surface area (Å²) in [5, 5.41) is 15.3. The number of rotatable bonds is 4. The number of amidine groups is 2. The lowest BCUT2D eigenvalue weighted by Gasteiger charge is -2.09. The van der Waals surface area contributed by atoms with E-state index < -0.39 is 0 Å². The van der Waals surface area contributed by atoms with Crippen LogP contribution in [0.15, 0.2) is 48.5 Å². The number of nitrogens with zero attached hydrogens (tertiary/aromatic N) is 2. The molecule has 0 radical (unpaired) electrons. The van der Waals surface area contributed by atoms with Crippen LogP contribution in [-0.4, -0.2) is 31.6 Å². The molecule has 0 aliphatic rings. The van der Waals surface area contributed by atoms with Gasteiger partial charge in [0.15, 0.2) is 0 Å². The van der Waals surface area contributed by atoms with Gasteiger partial charge in [0.05, 0.1) is 22.1 Å². The molecular weight excluding hydrogens is 436 g/mol. The second-order valence-corrected chi connectivity index (χ2v) is 7.94. The van der Waals surface area contributed by atoms with Gasteiger partial charge in [0, 0.05) is 22.3 Å². The Kier molecular flexibility index (Phi) is 5.39. The number of H-pyrrole nitrogens is 2. The number of nitrogens with two attached hydrogens (primary N) is 2. The summed E-state index contributed by atoms with van der Waals surface area (Å²) < 4.78 is 0. The summed E-state index contributed by atoms with van der Waals surface area (Å²) in [6.07, 6.45) is 0. The van der Waals surface area contributed by atoms with Gasteiger partial charge in [-0.05, 0) is 73.5 Å². The molecule has 8 N–H and O–H groups in total. The Morgan fingerprint density at radius 1 is 0.697 bits per heavy atom. The van der Waals surface area contributed by atoms with E-state index in [4.69, 9.17) is 32.3 Å². The number of nitrogen functional groups attached to an aromatic ring is 2. The fraction of sp³-hybridized carbons (Fsp3) is 0.0833. The summed E-state index contributed by atoms with van der Waals surface area (Å²) in [7, 11) is 0. The molecule has 5 rings (SSSR count). The van der Waals surface area contributed by atoms with E-state index in [2.05, 4.69) is 22.1 Å². The van der Waals surface area contributed by atoms with Crippen LogP contribution in [0.3, 0.4) is 0 Å². The van der Waals surface area contributed by atoms with Crippen molar-refractivity contribution in [3.63, 3.8) is 0 Å². The van der Waals surface area contributed by atoms with Crippen molar-refractivity contribution in [2.24, 2.45) is 11.5 Å². The molecule has 2 aromatic heterocycles. The van der Waals surface area contributed by atoms with Crippen LogP contribution in [0.25, 0.3) is 44.8 Å². The normalized spacial score (nSPS) is 11.0. The standard InChI is InChI=1S/C24H22N8.ClH/c1-11-7-16(24-30-18-6-4-14(22(27)28)10-20(18)32-24)12(2)8-15(11)23-29-17-5-3-13(21(25)26)9-19(17)31-23;/h3-10H,1-2H3,(H3,25,26)(H3,27,28)(H,29,31)(H,30,32);1H. The topological polar surface area (TPSA) is 157 Å². The summed E-state index contributed by atoms with van der Waals surface area (Å²) in [4.78, 5) is 16.2. The van der Waals surface area contributed by atoms with Crippen LogP contribution in [-0.2, 0) is 0 Å². The molecule has 166 valence electrons. The predicted molar refractivity (Wildman–Crippen MR) is 135 cm³/mol. The highest BCUT2D eigenvalue weighted by Crippen LogP contribution is 2.31. The zero-order valence-electron chi connectivity index (χ0n) is 18.1. The summed E-state index contributed by atoms with van der Waals surface area (Å²) in [5.74, 6) is 1.59. The Morgan fingerprint density at radius 2 is 1.09 bits per heavy atom. The van der Waals surface area contributed by atoms with Crippen LogP contribution in [0, 0.1) is 24.7 Å². The third-order valence-electron chi connectivity index (χ3n) is 5.67. The average molecular weight is 459 g/mol. The fourth-order valence-corrected chi connectivity index (χ4v) is 3.94. The minimum Gasteiger partial charge on any atom is -0.384 e. The highest BCUT2D eigenvalue weighted by atomic mass is 35.5. The first-order valence-corrected chi connectivity index (χ1v) is 10.1. The molecule has 0 bridgehead atoms. The Hall–Kier alpha value is -4.17. The first kappa shape index (κ1) is 22.0. The van der Waals surface area contributed by atoms with Crippen molar-refractivity contribution in [3.05, 3.63) is 70.8 Å². The van der Waals surface area contributed by atoms with Crippen molar-refractivity contribution in [3.8, 4) is 22.8 Å². The van der Waals surface area contributed by atoms with E-state index in [0.29, 0.717) is 11.1 Å². The van der Waals surface area contributed by atoms with E-state index in [1.54, 1.807) is 12.1 Å². The summed E-state index contributed by atoms with van der Waals surface area (Å²) in [5.41, 5.74) is 20.0. The Labute approximate surface area is 195 Å². The number of aromatic nitrogens is 4. The van der Waals surface area contributed by atoms with Crippen LogP contribution in [0.2, 0.25) is 0 Å². The first-order chi connectivity index (χ1) is 15.3. The molecule has 5 aromatic rings. The lowest BCUT2D eigenvalue weighted by Crippen LogP contribution is -2.10. The predicted octanol–water partition coefficient (Wildman–Crippen LogP) is 4.38. The second-order valence-electron chi connectivity index (χ2n) is 7.94.